The van der Waals surface area contributed by atoms with Gasteiger partial charge in [0.2, 0.25) is 0 Å². The van der Waals surface area contributed by atoms with Crippen LogP contribution in [0.4, 0.5) is 0 Å². The third-order valence-electron chi connectivity index (χ3n) is 3.00. The van der Waals surface area contributed by atoms with E-state index in [1.54, 1.807) is 0 Å². The summed E-state index contributed by atoms with van der Waals surface area (Å²) >= 11 is 0. The highest BCUT2D eigenvalue weighted by atomic mass is 16.5. The SMILES string of the molecule is CC(C)CCCC(C)NCCOCCC(C)C. The Bertz CT molecular complexity index is 157. The summed E-state index contributed by atoms with van der Waals surface area (Å²) < 4.78 is 5.58. The average Bonchev–Trinajstić information content (AvgIpc) is 2.22. The Labute approximate surface area is 109 Å². The lowest BCUT2D eigenvalue weighted by Crippen LogP contribution is -2.29. The summed E-state index contributed by atoms with van der Waals surface area (Å²) in [5.41, 5.74) is 0. The lowest BCUT2D eigenvalue weighted by Gasteiger charge is -2.14. The van der Waals surface area contributed by atoms with Crippen molar-refractivity contribution in [1.29, 1.82) is 0 Å². The Morgan fingerprint density at radius 2 is 1.47 bits per heavy atom. The van der Waals surface area contributed by atoms with Crippen LogP contribution in [0.3, 0.4) is 0 Å². The van der Waals surface area contributed by atoms with Crippen LogP contribution < -0.4 is 5.32 Å². The monoisotopic (exact) mass is 243 g/mol. The summed E-state index contributed by atoms with van der Waals surface area (Å²) in [7, 11) is 0. The van der Waals surface area contributed by atoms with Gasteiger partial charge in [0.25, 0.3) is 0 Å². The summed E-state index contributed by atoms with van der Waals surface area (Å²) in [6, 6.07) is 0.627. The highest BCUT2D eigenvalue weighted by Gasteiger charge is 2.02. The van der Waals surface area contributed by atoms with E-state index in [-0.39, 0.29) is 0 Å². The number of rotatable bonds is 11. The zero-order chi connectivity index (χ0) is 13.1. The van der Waals surface area contributed by atoms with Gasteiger partial charge < -0.3 is 10.1 Å². The fourth-order valence-electron chi connectivity index (χ4n) is 1.73. The first-order chi connectivity index (χ1) is 8.02. The van der Waals surface area contributed by atoms with Gasteiger partial charge in [0.1, 0.15) is 0 Å². The van der Waals surface area contributed by atoms with Gasteiger partial charge in [0.05, 0.1) is 6.61 Å². The smallest absolute Gasteiger partial charge is 0.0591 e. The molecule has 0 aliphatic rings. The van der Waals surface area contributed by atoms with Gasteiger partial charge >= 0.3 is 0 Å². The molecule has 0 aromatic heterocycles. The molecule has 0 heterocycles. The molecule has 0 amide bonds. The third-order valence-corrected chi connectivity index (χ3v) is 3.00. The van der Waals surface area contributed by atoms with Crippen LogP contribution in [0.25, 0.3) is 0 Å². The molecule has 0 aromatic carbocycles. The highest BCUT2D eigenvalue weighted by Crippen LogP contribution is 2.07. The molecule has 0 spiro atoms. The van der Waals surface area contributed by atoms with Crippen LogP contribution in [0.1, 0.15) is 60.3 Å². The molecule has 1 atom stereocenters. The lowest BCUT2D eigenvalue weighted by atomic mass is 10.0. The zero-order valence-electron chi connectivity index (χ0n) is 12.6. The van der Waals surface area contributed by atoms with E-state index >= 15 is 0 Å². The first kappa shape index (κ1) is 16.9. The van der Waals surface area contributed by atoms with Crippen LogP contribution in [0.15, 0.2) is 0 Å². The summed E-state index contributed by atoms with van der Waals surface area (Å²) in [4.78, 5) is 0. The van der Waals surface area contributed by atoms with Crippen molar-refractivity contribution >= 4 is 0 Å². The Morgan fingerprint density at radius 1 is 0.824 bits per heavy atom. The molecular formula is C15H33NO. The van der Waals surface area contributed by atoms with E-state index in [0.29, 0.717) is 6.04 Å². The zero-order valence-corrected chi connectivity index (χ0v) is 12.6. The van der Waals surface area contributed by atoms with Gasteiger partial charge in [-0.3, -0.25) is 0 Å². The topological polar surface area (TPSA) is 21.3 Å². The summed E-state index contributed by atoms with van der Waals surface area (Å²) in [6.07, 6.45) is 5.13. The number of nitrogens with one attached hydrogen (secondary N) is 1. The summed E-state index contributed by atoms with van der Waals surface area (Å²) in [5.74, 6) is 1.58. The van der Waals surface area contributed by atoms with Gasteiger partial charge in [-0.2, -0.15) is 0 Å². The predicted molar refractivity (Wildman–Crippen MR) is 76.4 cm³/mol. The van der Waals surface area contributed by atoms with Gasteiger partial charge in [-0.05, 0) is 31.6 Å². The van der Waals surface area contributed by atoms with E-state index in [1.807, 2.05) is 0 Å². The van der Waals surface area contributed by atoms with Crippen LogP contribution in [0.2, 0.25) is 0 Å². The van der Waals surface area contributed by atoms with E-state index < -0.39 is 0 Å². The fraction of sp³-hybridized carbons (Fsp3) is 1.00. The van der Waals surface area contributed by atoms with E-state index in [4.69, 9.17) is 4.74 Å². The summed E-state index contributed by atoms with van der Waals surface area (Å²) in [5, 5.41) is 3.52. The number of hydrogen-bond acceptors (Lipinski definition) is 2. The Balaban J connectivity index is 3.19. The predicted octanol–water partition coefficient (Wildman–Crippen LogP) is 3.85. The molecule has 1 N–H and O–H groups in total. The molecule has 1 unspecified atom stereocenters. The summed E-state index contributed by atoms with van der Waals surface area (Å²) in [6.45, 7) is 14.1. The van der Waals surface area contributed by atoms with E-state index in [0.717, 1.165) is 31.6 Å². The maximum Gasteiger partial charge on any atom is 0.0591 e. The fourth-order valence-corrected chi connectivity index (χ4v) is 1.73. The Morgan fingerprint density at radius 3 is 2.06 bits per heavy atom. The first-order valence-corrected chi connectivity index (χ1v) is 7.33. The quantitative estimate of drug-likeness (QED) is 0.556. The second kappa shape index (κ2) is 11.0. The minimum absolute atomic E-state index is 0.627. The molecule has 0 fully saturated rings. The van der Waals surface area contributed by atoms with Crippen molar-refractivity contribution in [1.82, 2.24) is 5.32 Å². The molecule has 0 aromatic rings. The van der Waals surface area contributed by atoms with Crippen LogP contribution in [-0.4, -0.2) is 25.8 Å². The molecule has 2 heteroatoms. The lowest BCUT2D eigenvalue weighted by molar-refractivity contribution is 0.123. The van der Waals surface area contributed by atoms with Crippen molar-refractivity contribution in [2.45, 2.75) is 66.3 Å². The standard InChI is InChI=1S/C15H33NO/c1-13(2)7-6-8-15(5)16-10-12-17-11-9-14(3)4/h13-16H,6-12H2,1-5H3. The molecule has 0 saturated heterocycles. The molecule has 0 bridgehead atoms. The average molecular weight is 243 g/mol. The van der Waals surface area contributed by atoms with Crippen LogP contribution in [0, 0.1) is 11.8 Å². The van der Waals surface area contributed by atoms with E-state index in [1.165, 1.54) is 25.7 Å². The van der Waals surface area contributed by atoms with Crippen molar-refractivity contribution in [3.05, 3.63) is 0 Å². The first-order valence-electron chi connectivity index (χ1n) is 7.33. The normalized spacial score (nSPS) is 13.6. The van der Waals surface area contributed by atoms with Crippen LogP contribution in [-0.2, 0) is 4.74 Å². The molecule has 0 radical (unpaired) electrons. The van der Waals surface area contributed by atoms with Crippen molar-refractivity contribution < 1.29 is 4.74 Å². The van der Waals surface area contributed by atoms with Gasteiger partial charge in [-0.1, -0.05) is 40.5 Å². The molecule has 104 valence electrons. The van der Waals surface area contributed by atoms with Gasteiger partial charge in [-0.15, -0.1) is 0 Å². The number of hydrogen-bond donors (Lipinski definition) is 1. The minimum Gasteiger partial charge on any atom is -0.380 e. The van der Waals surface area contributed by atoms with Crippen LogP contribution >= 0.6 is 0 Å². The van der Waals surface area contributed by atoms with E-state index in [2.05, 4.69) is 39.9 Å². The highest BCUT2D eigenvalue weighted by molar-refractivity contribution is 4.61. The van der Waals surface area contributed by atoms with Crippen molar-refractivity contribution in [3.63, 3.8) is 0 Å². The molecule has 0 rings (SSSR count). The molecule has 0 aliphatic carbocycles. The Kier molecular flexibility index (Phi) is 11.0. The second-order valence-electron chi connectivity index (χ2n) is 5.97. The van der Waals surface area contributed by atoms with Gasteiger partial charge in [0, 0.05) is 19.2 Å². The maximum absolute atomic E-state index is 5.58. The minimum atomic E-state index is 0.627. The molecule has 0 aliphatic heterocycles. The molecule has 0 saturated carbocycles. The largest absolute Gasteiger partial charge is 0.380 e. The second-order valence-corrected chi connectivity index (χ2v) is 5.97. The number of ether oxygens (including phenoxy) is 1. The van der Waals surface area contributed by atoms with E-state index in [9.17, 15) is 0 Å². The molecule has 17 heavy (non-hydrogen) atoms. The third kappa shape index (κ3) is 13.9. The van der Waals surface area contributed by atoms with Crippen molar-refractivity contribution in [2.75, 3.05) is 19.8 Å². The molecular weight excluding hydrogens is 210 g/mol. The van der Waals surface area contributed by atoms with Gasteiger partial charge in [-0.25, -0.2) is 0 Å². The van der Waals surface area contributed by atoms with Gasteiger partial charge in [0.15, 0.2) is 0 Å². The van der Waals surface area contributed by atoms with Crippen molar-refractivity contribution in [3.8, 4) is 0 Å². The maximum atomic E-state index is 5.58. The molecule has 2 nitrogen and oxygen atoms in total. The Hall–Kier alpha value is -0.0800. The van der Waals surface area contributed by atoms with Crippen LogP contribution in [0.5, 0.6) is 0 Å². The van der Waals surface area contributed by atoms with Crippen molar-refractivity contribution in [2.24, 2.45) is 11.8 Å².